The predicted molar refractivity (Wildman–Crippen MR) is 55.2 cm³/mol. The molecule has 18 heavy (non-hydrogen) atoms. The Bertz CT molecular complexity index is 421. The third-order valence-corrected chi connectivity index (χ3v) is 3.12. The Labute approximate surface area is 110 Å². The minimum absolute atomic E-state index is 0.591. The van der Waals surface area contributed by atoms with Crippen molar-refractivity contribution in [3.05, 3.63) is 33.3 Å². The van der Waals surface area contributed by atoms with Crippen LogP contribution in [0.3, 0.4) is 0 Å². The molecular weight excluding hydrogens is 353 g/mol. The van der Waals surface area contributed by atoms with Gasteiger partial charge in [0, 0.05) is 15.1 Å². The Morgan fingerprint density at radius 2 is 1.44 bits per heavy atom. The van der Waals surface area contributed by atoms with E-state index < -0.39 is 33.0 Å². The molecule has 9 heteroatoms. The van der Waals surface area contributed by atoms with Crippen LogP contribution in [0.1, 0.15) is 5.56 Å². The predicted octanol–water partition coefficient (Wildman–Crippen LogP) is 4.41. The second-order valence-corrected chi connectivity index (χ2v) is 4.56. The van der Waals surface area contributed by atoms with Gasteiger partial charge in [0.25, 0.3) is 5.60 Å². The highest BCUT2D eigenvalue weighted by atomic mass is 79.9. The van der Waals surface area contributed by atoms with Crippen molar-refractivity contribution in [1.82, 2.24) is 0 Å². The molecule has 0 fully saturated rings. The fraction of sp³-hybridized carbons (Fsp3) is 0.333. The number of halogens is 8. The summed E-state index contributed by atoms with van der Waals surface area (Å²) >= 11 is 7.86. The first-order valence-corrected chi connectivity index (χ1v) is 5.40. The molecule has 0 saturated heterocycles. The first kappa shape index (κ1) is 15.6. The second-order valence-electron chi connectivity index (χ2n) is 3.30. The molecule has 0 saturated carbocycles. The Morgan fingerprint density at radius 1 is 1.00 bits per heavy atom. The van der Waals surface area contributed by atoms with Crippen LogP contribution in [-0.2, 0) is 5.60 Å². The van der Waals surface area contributed by atoms with E-state index in [1.165, 1.54) is 0 Å². The molecule has 0 radical (unpaired) electrons. The maximum Gasteiger partial charge on any atom is 0.430 e. The molecule has 1 aromatic rings. The van der Waals surface area contributed by atoms with Gasteiger partial charge in [0.15, 0.2) is 0 Å². The standard InChI is InChI=1S/C9H4BrClF6O/c10-4-2-1-3-5(11)6(4)7(18,8(12,13)14)9(15,16)17/h1-3,18H. The van der Waals surface area contributed by atoms with Gasteiger partial charge in [-0.2, -0.15) is 26.3 Å². The molecule has 102 valence electrons. The molecule has 0 heterocycles. The van der Waals surface area contributed by atoms with Gasteiger partial charge in [-0.05, 0) is 12.1 Å². The highest BCUT2D eigenvalue weighted by molar-refractivity contribution is 9.10. The lowest BCUT2D eigenvalue weighted by Crippen LogP contribution is -2.54. The fourth-order valence-electron chi connectivity index (χ4n) is 1.29. The van der Waals surface area contributed by atoms with Crippen LogP contribution in [0.15, 0.2) is 22.7 Å². The third kappa shape index (κ3) is 2.33. The first-order chi connectivity index (χ1) is 7.93. The van der Waals surface area contributed by atoms with Crippen molar-refractivity contribution < 1.29 is 31.4 Å². The van der Waals surface area contributed by atoms with Gasteiger partial charge in [0.05, 0.1) is 0 Å². The van der Waals surface area contributed by atoms with Crippen molar-refractivity contribution in [2.45, 2.75) is 18.0 Å². The van der Waals surface area contributed by atoms with Crippen LogP contribution in [-0.4, -0.2) is 17.5 Å². The van der Waals surface area contributed by atoms with Crippen molar-refractivity contribution in [2.75, 3.05) is 0 Å². The molecule has 1 rings (SSSR count). The van der Waals surface area contributed by atoms with Gasteiger partial charge in [0.1, 0.15) is 0 Å². The zero-order valence-electron chi connectivity index (χ0n) is 8.20. The zero-order valence-corrected chi connectivity index (χ0v) is 10.5. The van der Waals surface area contributed by atoms with Gasteiger partial charge in [-0.3, -0.25) is 0 Å². The molecule has 1 nitrogen and oxygen atoms in total. The molecular formula is C9H4BrClF6O. The largest absolute Gasteiger partial charge is 0.430 e. The molecule has 0 bridgehead atoms. The van der Waals surface area contributed by atoms with E-state index in [1.54, 1.807) is 0 Å². The summed E-state index contributed by atoms with van der Waals surface area (Å²) in [6.07, 6.45) is -11.9. The second kappa shape index (κ2) is 4.57. The maximum absolute atomic E-state index is 12.6. The number of hydrogen-bond donors (Lipinski definition) is 1. The number of benzene rings is 1. The normalized spacial score (nSPS) is 13.8. The highest BCUT2D eigenvalue weighted by Gasteiger charge is 2.72. The van der Waals surface area contributed by atoms with Crippen LogP contribution in [0.2, 0.25) is 5.02 Å². The average Bonchev–Trinajstić information content (AvgIpc) is 2.13. The fourth-order valence-corrected chi connectivity index (χ4v) is 2.37. The van der Waals surface area contributed by atoms with E-state index in [1.807, 2.05) is 0 Å². The van der Waals surface area contributed by atoms with Crippen LogP contribution in [0.4, 0.5) is 26.3 Å². The first-order valence-electron chi connectivity index (χ1n) is 4.23. The summed E-state index contributed by atoms with van der Waals surface area (Å²) in [6.45, 7) is 0. The maximum atomic E-state index is 12.6. The Hall–Kier alpha value is -0.470. The summed E-state index contributed by atoms with van der Waals surface area (Å²) in [4.78, 5) is 0. The van der Waals surface area contributed by atoms with E-state index in [0.717, 1.165) is 18.2 Å². The molecule has 0 aliphatic rings. The molecule has 1 aromatic carbocycles. The van der Waals surface area contributed by atoms with Gasteiger partial charge < -0.3 is 5.11 Å². The SMILES string of the molecule is OC(c1c(Cl)cccc1Br)(C(F)(F)F)C(F)(F)F. The highest BCUT2D eigenvalue weighted by Crippen LogP contribution is 2.53. The van der Waals surface area contributed by atoms with E-state index >= 15 is 0 Å². The van der Waals surface area contributed by atoms with Crippen molar-refractivity contribution in [3.63, 3.8) is 0 Å². The molecule has 0 unspecified atom stereocenters. The number of rotatable bonds is 1. The minimum atomic E-state index is -5.96. The summed E-state index contributed by atoms with van der Waals surface area (Å²) in [5.41, 5.74) is -6.51. The van der Waals surface area contributed by atoms with Gasteiger partial charge in [-0.25, -0.2) is 0 Å². The van der Waals surface area contributed by atoms with Crippen molar-refractivity contribution in [1.29, 1.82) is 0 Å². The van der Waals surface area contributed by atoms with Gasteiger partial charge in [-0.1, -0.05) is 33.6 Å². The van der Waals surface area contributed by atoms with E-state index in [4.69, 9.17) is 16.7 Å². The van der Waals surface area contributed by atoms with E-state index in [9.17, 15) is 26.3 Å². The number of aliphatic hydroxyl groups is 1. The summed E-state index contributed by atoms with van der Waals surface area (Å²) in [6, 6.07) is 2.89. The summed E-state index contributed by atoms with van der Waals surface area (Å²) in [7, 11) is 0. The van der Waals surface area contributed by atoms with Gasteiger partial charge in [-0.15, -0.1) is 0 Å². The molecule has 0 aliphatic heterocycles. The molecule has 0 atom stereocenters. The van der Waals surface area contributed by atoms with Crippen LogP contribution >= 0.6 is 27.5 Å². The summed E-state index contributed by atoms with van der Waals surface area (Å²) < 4.78 is 75.0. The van der Waals surface area contributed by atoms with Crippen LogP contribution in [0.25, 0.3) is 0 Å². The zero-order chi connectivity index (χ0) is 14.4. The van der Waals surface area contributed by atoms with Crippen molar-refractivity contribution in [3.8, 4) is 0 Å². The van der Waals surface area contributed by atoms with E-state index in [-0.39, 0.29) is 0 Å². The monoisotopic (exact) mass is 356 g/mol. The molecule has 0 amide bonds. The van der Waals surface area contributed by atoms with E-state index in [0.29, 0.717) is 0 Å². The smallest absolute Gasteiger partial charge is 0.369 e. The number of hydrogen-bond acceptors (Lipinski definition) is 1. The lowest BCUT2D eigenvalue weighted by Gasteiger charge is -2.33. The van der Waals surface area contributed by atoms with Crippen molar-refractivity contribution >= 4 is 27.5 Å². The molecule has 1 N–H and O–H groups in total. The lowest BCUT2D eigenvalue weighted by atomic mass is 9.92. The molecule has 0 aromatic heterocycles. The summed E-state index contributed by atoms with van der Waals surface area (Å²) in [5, 5.41) is 8.31. The van der Waals surface area contributed by atoms with Gasteiger partial charge in [0.2, 0.25) is 0 Å². The van der Waals surface area contributed by atoms with Crippen molar-refractivity contribution in [2.24, 2.45) is 0 Å². The Morgan fingerprint density at radius 3 is 1.78 bits per heavy atom. The third-order valence-electron chi connectivity index (χ3n) is 2.15. The Kier molecular flexibility index (Phi) is 3.96. The molecule has 0 spiro atoms. The number of alkyl halides is 6. The topological polar surface area (TPSA) is 20.2 Å². The van der Waals surface area contributed by atoms with Crippen LogP contribution < -0.4 is 0 Å². The van der Waals surface area contributed by atoms with Gasteiger partial charge >= 0.3 is 12.4 Å². The average molecular weight is 357 g/mol. The van der Waals surface area contributed by atoms with E-state index in [2.05, 4.69) is 15.9 Å². The van der Waals surface area contributed by atoms with Crippen LogP contribution in [0.5, 0.6) is 0 Å². The Balaban J connectivity index is 3.67. The van der Waals surface area contributed by atoms with Crippen LogP contribution in [0, 0.1) is 0 Å². The minimum Gasteiger partial charge on any atom is -0.369 e. The molecule has 0 aliphatic carbocycles. The lowest BCUT2D eigenvalue weighted by molar-refractivity contribution is -0.376. The quantitative estimate of drug-likeness (QED) is 0.738. The summed E-state index contributed by atoms with van der Waals surface area (Å²) in [5.74, 6) is 0.